The lowest BCUT2D eigenvalue weighted by Crippen LogP contribution is -2.37. The van der Waals surface area contributed by atoms with Crippen LogP contribution in [0.3, 0.4) is 0 Å². The molecule has 4 nitrogen and oxygen atoms in total. The Hall–Kier alpha value is -1.94. The van der Waals surface area contributed by atoms with Crippen molar-refractivity contribution >= 4 is 5.82 Å². The summed E-state index contributed by atoms with van der Waals surface area (Å²) in [4.78, 5) is 11.2. The lowest BCUT2D eigenvalue weighted by Gasteiger charge is -2.34. The number of benzene rings is 1. The minimum Gasteiger partial charge on any atom is -0.393 e. The highest BCUT2D eigenvalue weighted by Crippen LogP contribution is 2.28. The van der Waals surface area contributed by atoms with Crippen LogP contribution in [0.1, 0.15) is 24.2 Å². The minimum atomic E-state index is -0.0950. The Balaban J connectivity index is 1.65. The lowest BCUT2D eigenvalue weighted by atomic mass is 9.82. The van der Waals surface area contributed by atoms with Crippen molar-refractivity contribution < 1.29 is 5.11 Å². The summed E-state index contributed by atoms with van der Waals surface area (Å²) in [5, 5.41) is 9.37. The van der Waals surface area contributed by atoms with Gasteiger partial charge in [0.2, 0.25) is 0 Å². The fourth-order valence-corrected chi connectivity index (χ4v) is 2.79. The lowest BCUT2D eigenvalue weighted by molar-refractivity contribution is 0.0464. The number of hydrogen-bond acceptors (Lipinski definition) is 4. The van der Waals surface area contributed by atoms with Gasteiger partial charge in [-0.05, 0) is 30.4 Å². The van der Waals surface area contributed by atoms with Crippen LogP contribution in [0, 0.1) is 5.92 Å². The molecular formula is C17H21N3O. The third kappa shape index (κ3) is 3.58. The average molecular weight is 283 g/mol. The fraction of sp³-hybridized carbons (Fsp3) is 0.412. The molecule has 0 unspecified atom stereocenters. The molecule has 0 bridgehead atoms. The summed E-state index contributed by atoms with van der Waals surface area (Å²) in [6.45, 7) is 0.943. The highest BCUT2D eigenvalue weighted by molar-refractivity contribution is 5.37. The standard InChI is InChI=1S/C17H21N3O/c1-20(12-14-9-15(21)10-14)17-7-8-18-16(19-17)11-13-5-3-2-4-6-13/h2-8,14-15,21H,9-12H2,1H3. The molecule has 1 saturated carbocycles. The van der Waals surface area contributed by atoms with Gasteiger partial charge in [0.1, 0.15) is 11.6 Å². The molecule has 1 heterocycles. The normalized spacial score (nSPS) is 20.9. The molecule has 1 N–H and O–H groups in total. The van der Waals surface area contributed by atoms with E-state index in [2.05, 4.69) is 34.0 Å². The average Bonchev–Trinajstić information content (AvgIpc) is 2.47. The molecule has 1 aliphatic rings. The first-order chi connectivity index (χ1) is 10.2. The summed E-state index contributed by atoms with van der Waals surface area (Å²) in [5.41, 5.74) is 1.22. The van der Waals surface area contributed by atoms with Crippen molar-refractivity contribution in [1.82, 2.24) is 9.97 Å². The van der Waals surface area contributed by atoms with Crippen LogP contribution >= 0.6 is 0 Å². The number of hydrogen-bond donors (Lipinski definition) is 1. The zero-order chi connectivity index (χ0) is 14.7. The molecule has 0 aliphatic heterocycles. The van der Waals surface area contributed by atoms with E-state index in [1.165, 1.54) is 5.56 Å². The molecule has 0 spiro atoms. The molecule has 0 saturated heterocycles. The van der Waals surface area contributed by atoms with E-state index in [-0.39, 0.29) is 6.10 Å². The predicted molar refractivity (Wildman–Crippen MR) is 83.3 cm³/mol. The molecule has 1 aliphatic carbocycles. The maximum absolute atomic E-state index is 9.37. The molecule has 3 rings (SSSR count). The van der Waals surface area contributed by atoms with Gasteiger partial charge >= 0.3 is 0 Å². The Labute approximate surface area is 125 Å². The van der Waals surface area contributed by atoms with Crippen LogP contribution in [-0.4, -0.2) is 34.8 Å². The van der Waals surface area contributed by atoms with Crippen LogP contribution in [0.4, 0.5) is 5.82 Å². The Morgan fingerprint density at radius 3 is 2.67 bits per heavy atom. The van der Waals surface area contributed by atoms with Gasteiger partial charge in [-0.2, -0.15) is 0 Å². The summed E-state index contributed by atoms with van der Waals surface area (Å²) < 4.78 is 0. The van der Waals surface area contributed by atoms with Crippen molar-refractivity contribution in [1.29, 1.82) is 0 Å². The van der Waals surface area contributed by atoms with E-state index in [0.29, 0.717) is 5.92 Å². The topological polar surface area (TPSA) is 49.2 Å². The zero-order valence-electron chi connectivity index (χ0n) is 12.3. The van der Waals surface area contributed by atoms with E-state index >= 15 is 0 Å². The molecular weight excluding hydrogens is 262 g/mol. The number of aliphatic hydroxyl groups excluding tert-OH is 1. The number of aliphatic hydroxyl groups is 1. The second-order valence-electron chi connectivity index (χ2n) is 5.87. The van der Waals surface area contributed by atoms with Crippen molar-refractivity contribution in [2.45, 2.75) is 25.4 Å². The first-order valence-corrected chi connectivity index (χ1v) is 7.46. The van der Waals surface area contributed by atoms with Gasteiger partial charge in [-0.25, -0.2) is 9.97 Å². The molecule has 4 heteroatoms. The van der Waals surface area contributed by atoms with Crippen molar-refractivity contribution in [2.75, 3.05) is 18.5 Å². The number of rotatable bonds is 5. The van der Waals surface area contributed by atoms with Gasteiger partial charge in [0, 0.05) is 26.2 Å². The SMILES string of the molecule is CN(CC1CC(O)C1)c1ccnc(Cc2ccccc2)n1. The van der Waals surface area contributed by atoms with Gasteiger partial charge in [-0.1, -0.05) is 30.3 Å². The van der Waals surface area contributed by atoms with E-state index in [1.807, 2.05) is 30.5 Å². The van der Waals surface area contributed by atoms with Gasteiger partial charge in [0.15, 0.2) is 0 Å². The van der Waals surface area contributed by atoms with Crippen LogP contribution in [0.15, 0.2) is 42.6 Å². The van der Waals surface area contributed by atoms with Gasteiger partial charge in [0.25, 0.3) is 0 Å². The van der Waals surface area contributed by atoms with Crippen molar-refractivity contribution in [2.24, 2.45) is 5.92 Å². The van der Waals surface area contributed by atoms with Crippen molar-refractivity contribution in [3.63, 3.8) is 0 Å². The Kier molecular flexibility index (Phi) is 4.15. The zero-order valence-corrected chi connectivity index (χ0v) is 12.3. The molecule has 0 atom stereocenters. The molecule has 0 amide bonds. The van der Waals surface area contributed by atoms with E-state index in [9.17, 15) is 5.11 Å². The smallest absolute Gasteiger partial charge is 0.135 e. The second kappa shape index (κ2) is 6.22. The first kappa shape index (κ1) is 14.0. The number of nitrogens with zero attached hydrogens (tertiary/aromatic N) is 3. The van der Waals surface area contributed by atoms with E-state index in [1.54, 1.807) is 0 Å². The van der Waals surface area contributed by atoms with Crippen LogP contribution < -0.4 is 4.90 Å². The van der Waals surface area contributed by atoms with Gasteiger partial charge in [-0.15, -0.1) is 0 Å². The number of anilines is 1. The summed E-state index contributed by atoms with van der Waals surface area (Å²) in [5.74, 6) is 2.38. The molecule has 2 aromatic rings. The highest BCUT2D eigenvalue weighted by atomic mass is 16.3. The molecule has 1 aromatic heterocycles. The van der Waals surface area contributed by atoms with Gasteiger partial charge < -0.3 is 10.0 Å². The Morgan fingerprint density at radius 1 is 1.19 bits per heavy atom. The largest absolute Gasteiger partial charge is 0.393 e. The van der Waals surface area contributed by atoms with E-state index in [0.717, 1.165) is 37.4 Å². The summed E-state index contributed by atoms with van der Waals surface area (Å²) in [7, 11) is 2.05. The first-order valence-electron chi connectivity index (χ1n) is 7.46. The molecule has 0 radical (unpaired) electrons. The summed E-state index contributed by atoms with van der Waals surface area (Å²) in [6.07, 6.45) is 4.30. The van der Waals surface area contributed by atoms with Crippen LogP contribution in [0.2, 0.25) is 0 Å². The highest BCUT2D eigenvalue weighted by Gasteiger charge is 2.28. The minimum absolute atomic E-state index is 0.0950. The van der Waals surface area contributed by atoms with Crippen molar-refractivity contribution in [3.8, 4) is 0 Å². The Bertz CT molecular complexity index is 582. The monoisotopic (exact) mass is 283 g/mol. The molecule has 1 aromatic carbocycles. The van der Waals surface area contributed by atoms with Crippen LogP contribution in [0.25, 0.3) is 0 Å². The third-order valence-corrected chi connectivity index (χ3v) is 4.03. The van der Waals surface area contributed by atoms with E-state index in [4.69, 9.17) is 0 Å². The van der Waals surface area contributed by atoms with Crippen molar-refractivity contribution in [3.05, 3.63) is 54.0 Å². The Morgan fingerprint density at radius 2 is 1.95 bits per heavy atom. The summed E-state index contributed by atoms with van der Waals surface area (Å²) in [6, 6.07) is 12.2. The second-order valence-corrected chi connectivity index (χ2v) is 5.87. The van der Waals surface area contributed by atoms with Gasteiger partial charge in [-0.3, -0.25) is 0 Å². The van der Waals surface area contributed by atoms with Crippen LogP contribution in [-0.2, 0) is 6.42 Å². The summed E-state index contributed by atoms with van der Waals surface area (Å²) >= 11 is 0. The molecule has 1 fully saturated rings. The predicted octanol–water partition coefficient (Wildman–Crippen LogP) is 2.27. The maximum Gasteiger partial charge on any atom is 0.135 e. The maximum atomic E-state index is 9.37. The van der Waals surface area contributed by atoms with Crippen LogP contribution in [0.5, 0.6) is 0 Å². The third-order valence-electron chi connectivity index (χ3n) is 4.03. The van der Waals surface area contributed by atoms with E-state index < -0.39 is 0 Å². The molecule has 21 heavy (non-hydrogen) atoms. The quantitative estimate of drug-likeness (QED) is 0.914. The molecule has 110 valence electrons. The fourth-order valence-electron chi connectivity index (χ4n) is 2.79. The van der Waals surface area contributed by atoms with Gasteiger partial charge in [0.05, 0.1) is 6.10 Å². The number of aromatic nitrogens is 2.